The number of benzene rings is 2. The number of carbonyl (C=O) groups excluding carboxylic acids is 1. The van der Waals surface area contributed by atoms with E-state index in [2.05, 4.69) is 10.6 Å². The van der Waals surface area contributed by atoms with Gasteiger partial charge in [-0.3, -0.25) is 4.79 Å². The Morgan fingerprint density at radius 2 is 1.74 bits per heavy atom. The second kappa shape index (κ2) is 8.39. The molecule has 0 saturated heterocycles. The van der Waals surface area contributed by atoms with Crippen molar-refractivity contribution in [3.63, 3.8) is 0 Å². The molecule has 0 bridgehead atoms. The number of carbonyl (C=O) groups is 1. The minimum Gasteiger partial charge on any atom is -0.497 e. The Hall–Kier alpha value is -2.61. The molecule has 1 atom stereocenters. The zero-order chi connectivity index (χ0) is 20.2. The van der Waals surface area contributed by atoms with Crippen molar-refractivity contribution in [2.75, 3.05) is 24.9 Å². The largest absolute Gasteiger partial charge is 0.497 e. The highest BCUT2D eigenvalue weighted by atomic mass is 35.5. The number of ether oxygens (including phenoxy) is 2. The van der Waals surface area contributed by atoms with Crippen molar-refractivity contribution in [2.45, 2.75) is 19.1 Å². The highest BCUT2D eigenvalue weighted by Crippen LogP contribution is 2.36. The van der Waals surface area contributed by atoms with Crippen molar-refractivity contribution in [1.82, 2.24) is 0 Å². The van der Waals surface area contributed by atoms with Crippen molar-refractivity contribution in [3.8, 4) is 11.5 Å². The number of alkyl halides is 3. The molecule has 27 heavy (non-hydrogen) atoms. The van der Waals surface area contributed by atoms with Crippen molar-refractivity contribution >= 4 is 28.9 Å². The predicted molar refractivity (Wildman–Crippen MR) is 97.7 cm³/mol. The van der Waals surface area contributed by atoms with Gasteiger partial charge in [-0.2, -0.15) is 13.2 Å². The predicted octanol–water partition coefficient (Wildman–Crippen LogP) is 4.82. The fourth-order valence-corrected chi connectivity index (χ4v) is 2.49. The molecule has 0 aliphatic rings. The quantitative estimate of drug-likeness (QED) is 0.727. The molecule has 0 aliphatic carbocycles. The van der Waals surface area contributed by atoms with Crippen LogP contribution in [0.15, 0.2) is 36.4 Å². The summed E-state index contributed by atoms with van der Waals surface area (Å²) in [6.45, 7) is 1.52. The lowest BCUT2D eigenvalue weighted by Gasteiger charge is -2.19. The van der Waals surface area contributed by atoms with E-state index in [1.807, 2.05) is 0 Å². The fourth-order valence-electron chi connectivity index (χ4n) is 2.32. The number of nitrogens with one attached hydrogen (secondary N) is 2. The number of halogens is 4. The number of hydrogen-bond donors (Lipinski definition) is 2. The summed E-state index contributed by atoms with van der Waals surface area (Å²) in [4.78, 5) is 12.4. The molecule has 0 fully saturated rings. The number of amides is 1. The Morgan fingerprint density at radius 1 is 1.07 bits per heavy atom. The maximum Gasteiger partial charge on any atom is 0.418 e. The van der Waals surface area contributed by atoms with Crippen molar-refractivity contribution in [3.05, 3.63) is 47.0 Å². The Kier molecular flexibility index (Phi) is 6.43. The molecule has 2 rings (SSSR count). The van der Waals surface area contributed by atoms with Crippen LogP contribution in [0, 0.1) is 0 Å². The molecule has 1 unspecified atom stereocenters. The van der Waals surface area contributed by atoms with Gasteiger partial charge in [-0.15, -0.1) is 0 Å². The van der Waals surface area contributed by atoms with Crippen LogP contribution in [-0.2, 0) is 11.0 Å². The first-order valence-electron chi connectivity index (χ1n) is 7.82. The van der Waals surface area contributed by atoms with E-state index in [9.17, 15) is 18.0 Å². The van der Waals surface area contributed by atoms with E-state index in [0.717, 1.165) is 12.1 Å². The monoisotopic (exact) mass is 402 g/mol. The molecule has 2 aromatic rings. The lowest BCUT2D eigenvalue weighted by atomic mass is 10.1. The van der Waals surface area contributed by atoms with Gasteiger partial charge in [0.05, 0.1) is 31.2 Å². The summed E-state index contributed by atoms with van der Waals surface area (Å²) >= 11 is 5.64. The molecule has 0 spiro atoms. The molecule has 0 heterocycles. The molecule has 0 radical (unpaired) electrons. The van der Waals surface area contributed by atoms with Gasteiger partial charge in [-0.25, -0.2) is 0 Å². The molecule has 2 N–H and O–H groups in total. The molecule has 1 amide bonds. The van der Waals surface area contributed by atoms with Crippen LogP contribution in [0.3, 0.4) is 0 Å². The van der Waals surface area contributed by atoms with Crippen molar-refractivity contribution < 1.29 is 27.4 Å². The van der Waals surface area contributed by atoms with E-state index in [1.165, 1.54) is 27.2 Å². The van der Waals surface area contributed by atoms with E-state index in [4.69, 9.17) is 21.1 Å². The van der Waals surface area contributed by atoms with Gasteiger partial charge in [0, 0.05) is 11.1 Å². The molecule has 146 valence electrons. The van der Waals surface area contributed by atoms with Crippen molar-refractivity contribution in [1.29, 1.82) is 0 Å². The second-order valence-electron chi connectivity index (χ2n) is 5.61. The minimum atomic E-state index is -4.65. The summed E-state index contributed by atoms with van der Waals surface area (Å²) in [6.07, 6.45) is -4.65. The summed E-state index contributed by atoms with van der Waals surface area (Å²) in [7, 11) is 2.95. The third-order valence-corrected chi connectivity index (χ3v) is 3.95. The number of anilines is 2. The third kappa shape index (κ3) is 5.19. The van der Waals surface area contributed by atoms with Crippen LogP contribution in [0.1, 0.15) is 12.5 Å². The standard InChI is InChI=1S/C18H18ClF3N2O3/c1-10(23-15-7-5-12(26-2)9-16(15)27-3)17(25)24-14-6-4-11(19)8-13(14)18(20,21)22/h4-10,23H,1-3H3,(H,24,25). The Labute approximate surface area is 159 Å². The summed E-state index contributed by atoms with van der Waals surface area (Å²) in [5.41, 5.74) is -0.891. The van der Waals surface area contributed by atoms with Crippen LogP contribution in [0.25, 0.3) is 0 Å². The Balaban J connectivity index is 2.18. The first-order chi connectivity index (χ1) is 12.7. The topological polar surface area (TPSA) is 59.6 Å². The van der Waals surface area contributed by atoms with Crippen molar-refractivity contribution in [2.24, 2.45) is 0 Å². The highest BCUT2D eigenvalue weighted by molar-refractivity contribution is 6.30. The first-order valence-corrected chi connectivity index (χ1v) is 8.19. The maximum atomic E-state index is 13.1. The zero-order valence-electron chi connectivity index (χ0n) is 14.8. The van der Waals surface area contributed by atoms with Crippen LogP contribution < -0.4 is 20.1 Å². The maximum absolute atomic E-state index is 13.1. The van der Waals surface area contributed by atoms with E-state index in [0.29, 0.717) is 17.2 Å². The number of rotatable bonds is 6. The SMILES string of the molecule is COc1ccc(NC(C)C(=O)Nc2ccc(Cl)cc2C(F)(F)F)c(OC)c1. The zero-order valence-corrected chi connectivity index (χ0v) is 15.5. The average Bonchev–Trinajstić information content (AvgIpc) is 2.62. The molecule has 0 saturated carbocycles. The molecule has 2 aromatic carbocycles. The molecule has 0 aromatic heterocycles. The van der Waals surface area contributed by atoms with E-state index in [-0.39, 0.29) is 10.7 Å². The van der Waals surface area contributed by atoms with Gasteiger partial charge in [0.2, 0.25) is 5.91 Å². The molecular weight excluding hydrogens is 385 g/mol. The summed E-state index contributed by atoms with van der Waals surface area (Å²) in [5.74, 6) is 0.336. The Morgan fingerprint density at radius 3 is 2.33 bits per heavy atom. The van der Waals surface area contributed by atoms with Gasteiger partial charge in [-0.1, -0.05) is 11.6 Å². The van der Waals surface area contributed by atoms with Gasteiger partial charge in [0.1, 0.15) is 17.5 Å². The lowest BCUT2D eigenvalue weighted by molar-refractivity contribution is -0.137. The highest BCUT2D eigenvalue weighted by Gasteiger charge is 2.34. The van der Waals surface area contributed by atoms with Gasteiger partial charge in [0.15, 0.2) is 0 Å². The lowest BCUT2D eigenvalue weighted by Crippen LogP contribution is -2.32. The average molecular weight is 403 g/mol. The molecule has 5 nitrogen and oxygen atoms in total. The van der Waals surface area contributed by atoms with E-state index >= 15 is 0 Å². The van der Waals surface area contributed by atoms with Gasteiger partial charge >= 0.3 is 6.18 Å². The minimum absolute atomic E-state index is 0.0746. The summed E-state index contributed by atoms with van der Waals surface area (Å²) < 4.78 is 49.7. The summed E-state index contributed by atoms with van der Waals surface area (Å²) in [5, 5.41) is 5.11. The first kappa shape index (κ1) is 20.7. The summed E-state index contributed by atoms with van der Waals surface area (Å²) in [6, 6.07) is 7.24. The van der Waals surface area contributed by atoms with Gasteiger partial charge in [0.25, 0.3) is 0 Å². The van der Waals surface area contributed by atoms with Gasteiger partial charge < -0.3 is 20.1 Å². The van der Waals surface area contributed by atoms with E-state index in [1.54, 1.807) is 18.2 Å². The molecule has 0 aliphatic heterocycles. The van der Waals surface area contributed by atoms with Crippen LogP contribution in [0.4, 0.5) is 24.5 Å². The van der Waals surface area contributed by atoms with Crippen LogP contribution in [0.5, 0.6) is 11.5 Å². The molecular formula is C18H18ClF3N2O3. The number of methoxy groups -OCH3 is 2. The second-order valence-corrected chi connectivity index (χ2v) is 6.05. The van der Waals surface area contributed by atoms with E-state index < -0.39 is 23.7 Å². The Bertz CT molecular complexity index is 828. The van der Waals surface area contributed by atoms with Crippen LogP contribution >= 0.6 is 11.6 Å². The third-order valence-electron chi connectivity index (χ3n) is 3.72. The normalized spacial score (nSPS) is 12.3. The number of hydrogen-bond acceptors (Lipinski definition) is 4. The molecule has 9 heteroatoms. The smallest absolute Gasteiger partial charge is 0.418 e. The van der Waals surface area contributed by atoms with Crippen LogP contribution in [0.2, 0.25) is 5.02 Å². The van der Waals surface area contributed by atoms with Crippen LogP contribution in [-0.4, -0.2) is 26.2 Å². The van der Waals surface area contributed by atoms with Gasteiger partial charge in [-0.05, 0) is 37.3 Å². The fraction of sp³-hybridized carbons (Fsp3) is 0.278.